The summed E-state index contributed by atoms with van der Waals surface area (Å²) in [6.07, 6.45) is -0.683. The molecule has 2 heterocycles. The van der Waals surface area contributed by atoms with Gasteiger partial charge in [-0.15, -0.1) is 0 Å². The van der Waals surface area contributed by atoms with Crippen LogP contribution < -0.4 is 0 Å². The van der Waals surface area contributed by atoms with E-state index >= 15 is 0 Å². The van der Waals surface area contributed by atoms with Gasteiger partial charge in [0.1, 0.15) is 5.69 Å². The third kappa shape index (κ3) is 4.30. The number of aromatic nitrogens is 3. The summed E-state index contributed by atoms with van der Waals surface area (Å²) < 4.78 is 61.3. The molecule has 0 unspecified atom stereocenters. The van der Waals surface area contributed by atoms with E-state index in [0.717, 1.165) is 19.0 Å². The molecule has 1 fully saturated rings. The first kappa shape index (κ1) is 21.0. The van der Waals surface area contributed by atoms with Crippen molar-refractivity contribution in [1.29, 1.82) is 0 Å². The van der Waals surface area contributed by atoms with Gasteiger partial charge in [0.15, 0.2) is 25.7 Å². The average Bonchev–Trinajstić information content (AvgIpc) is 3.30. The number of alkyl halides is 3. The standard InChI is InChI=1S/C19H25F4N3OSi/c1-18(2,3)28(4,5)27-11-12-8-14(20)16(24-9-12)17-25-15(19(21,22)23)10-26(17)13-6-7-13/h8-10,13H,6-7,11H2,1-5H3. The van der Waals surface area contributed by atoms with Gasteiger partial charge in [0.25, 0.3) is 0 Å². The monoisotopic (exact) mass is 415 g/mol. The molecule has 1 aliphatic carbocycles. The lowest BCUT2D eigenvalue weighted by molar-refractivity contribution is -0.140. The SMILES string of the molecule is CC(C)(C)[Si](C)(C)OCc1cnc(-c2nc(C(F)(F)F)cn2C2CC2)c(F)c1. The quantitative estimate of drug-likeness (QED) is 0.447. The number of nitrogens with zero attached hydrogens (tertiary/aromatic N) is 3. The number of rotatable bonds is 5. The number of pyridine rings is 1. The molecule has 0 aromatic carbocycles. The second kappa shape index (κ2) is 6.95. The zero-order valence-corrected chi connectivity index (χ0v) is 17.7. The normalized spacial score (nSPS) is 15.9. The van der Waals surface area contributed by atoms with Crippen LogP contribution in [0.4, 0.5) is 17.6 Å². The molecule has 2 aromatic heterocycles. The number of halogens is 4. The lowest BCUT2D eigenvalue weighted by atomic mass is 10.2. The average molecular weight is 416 g/mol. The lowest BCUT2D eigenvalue weighted by Crippen LogP contribution is -2.40. The van der Waals surface area contributed by atoms with Gasteiger partial charge in [0.05, 0.1) is 6.61 Å². The maximum Gasteiger partial charge on any atom is 0.434 e. The van der Waals surface area contributed by atoms with E-state index in [0.29, 0.717) is 5.56 Å². The first-order valence-corrected chi connectivity index (χ1v) is 12.2. The van der Waals surface area contributed by atoms with E-state index in [1.807, 2.05) is 0 Å². The third-order valence-electron chi connectivity index (χ3n) is 5.48. The largest absolute Gasteiger partial charge is 0.434 e. The van der Waals surface area contributed by atoms with E-state index in [1.54, 1.807) is 0 Å². The topological polar surface area (TPSA) is 39.9 Å². The second-order valence-electron chi connectivity index (χ2n) is 8.81. The Labute approximate surface area is 163 Å². The highest BCUT2D eigenvalue weighted by Crippen LogP contribution is 2.41. The Morgan fingerprint density at radius 1 is 1.21 bits per heavy atom. The van der Waals surface area contributed by atoms with E-state index < -0.39 is 26.0 Å². The van der Waals surface area contributed by atoms with Crippen LogP contribution in [0.3, 0.4) is 0 Å². The molecule has 4 nitrogen and oxygen atoms in total. The van der Waals surface area contributed by atoms with Gasteiger partial charge in [0, 0.05) is 18.4 Å². The molecule has 0 saturated heterocycles. The molecule has 0 N–H and O–H groups in total. The molecule has 154 valence electrons. The highest BCUT2D eigenvalue weighted by atomic mass is 28.4. The molecule has 2 aromatic rings. The van der Waals surface area contributed by atoms with Gasteiger partial charge < -0.3 is 8.99 Å². The molecular weight excluding hydrogens is 390 g/mol. The molecule has 3 rings (SSSR count). The van der Waals surface area contributed by atoms with Crippen LogP contribution in [0.15, 0.2) is 18.5 Å². The minimum absolute atomic E-state index is 0.0158. The van der Waals surface area contributed by atoms with Gasteiger partial charge in [-0.25, -0.2) is 14.4 Å². The van der Waals surface area contributed by atoms with Gasteiger partial charge in [-0.1, -0.05) is 20.8 Å². The summed E-state index contributed by atoms with van der Waals surface area (Å²) in [5.41, 5.74) is -0.647. The first-order valence-electron chi connectivity index (χ1n) is 9.24. The molecule has 1 aliphatic rings. The van der Waals surface area contributed by atoms with Crippen molar-refractivity contribution in [1.82, 2.24) is 14.5 Å². The Bertz CT molecular complexity index is 867. The fourth-order valence-electron chi connectivity index (χ4n) is 2.54. The Hall–Kier alpha value is -1.74. The predicted molar refractivity (Wildman–Crippen MR) is 101 cm³/mol. The Balaban J connectivity index is 1.86. The molecule has 1 saturated carbocycles. The molecule has 0 aliphatic heterocycles. The first-order chi connectivity index (χ1) is 12.8. The predicted octanol–water partition coefficient (Wildman–Crippen LogP) is 5.96. The number of hydrogen-bond acceptors (Lipinski definition) is 3. The highest BCUT2D eigenvalue weighted by Gasteiger charge is 2.39. The molecule has 28 heavy (non-hydrogen) atoms. The van der Waals surface area contributed by atoms with Gasteiger partial charge in [-0.2, -0.15) is 13.2 Å². The Morgan fingerprint density at radius 2 is 1.86 bits per heavy atom. The smallest absolute Gasteiger partial charge is 0.412 e. The van der Waals surface area contributed by atoms with Crippen LogP contribution in [0.25, 0.3) is 11.5 Å². The van der Waals surface area contributed by atoms with Gasteiger partial charge >= 0.3 is 6.18 Å². The Kier molecular flexibility index (Phi) is 5.20. The number of imidazole rings is 1. The second-order valence-corrected chi connectivity index (χ2v) is 13.6. The molecular formula is C19H25F4N3OSi. The van der Waals surface area contributed by atoms with Crippen LogP contribution in [-0.4, -0.2) is 22.9 Å². The summed E-state index contributed by atoms with van der Waals surface area (Å²) in [7, 11) is -2.01. The molecule has 0 bridgehead atoms. The summed E-state index contributed by atoms with van der Waals surface area (Å²) >= 11 is 0. The minimum atomic E-state index is -4.58. The van der Waals surface area contributed by atoms with Crippen molar-refractivity contribution in [3.63, 3.8) is 0 Å². The summed E-state index contributed by atoms with van der Waals surface area (Å²) in [5.74, 6) is -0.776. The van der Waals surface area contributed by atoms with Crippen molar-refractivity contribution in [2.24, 2.45) is 0 Å². The van der Waals surface area contributed by atoms with Crippen LogP contribution >= 0.6 is 0 Å². The zero-order chi connectivity index (χ0) is 20.9. The van der Waals surface area contributed by atoms with Crippen LogP contribution in [-0.2, 0) is 17.2 Å². The Morgan fingerprint density at radius 3 is 2.36 bits per heavy atom. The highest BCUT2D eigenvalue weighted by molar-refractivity contribution is 6.74. The summed E-state index contributed by atoms with van der Waals surface area (Å²) in [4.78, 5) is 7.72. The van der Waals surface area contributed by atoms with E-state index in [-0.39, 0.29) is 29.2 Å². The molecule has 9 heteroatoms. The molecule has 0 amide bonds. The fraction of sp³-hybridized carbons (Fsp3) is 0.579. The summed E-state index contributed by atoms with van der Waals surface area (Å²) in [5, 5.41) is 0.0158. The van der Waals surface area contributed by atoms with Gasteiger partial charge in [0.2, 0.25) is 0 Å². The van der Waals surface area contributed by atoms with Crippen molar-refractivity contribution < 1.29 is 22.0 Å². The zero-order valence-electron chi connectivity index (χ0n) is 16.7. The third-order valence-corrected chi connectivity index (χ3v) is 9.96. The maximum absolute atomic E-state index is 14.7. The minimum Gasteiger partial charge on any atom is -0.412 e. The summed E-state index contributed by atoms with van der Waals surface area (Å²) in [6, 6.07) is 1.19. The van der Waals surface area contributed by atoms with Crippen LogP contribution in [0.1, 0.15) is 50.9 Å². The lowest BCUT2D eigenvalue weighted by Gasteiger charge is -2.36. The van der Waals surface area contributed by atoms with E-state index in [4.69, 9.17) is 4.43 Å². The van der Waals surface area contributed by atoms with E-state index in [9.17, 15) is 17.6 Å². The molecule has 0 spiro atoms. The van der Waals surface area contributed by atoms with Gasteiger partial charge in [-0.05, 0) is 42.6 Å². The van der Waals surface area contributed by atoms with Crippen molar-refractivity contribution in [3.05, 3.63) is 35.5 Å². The van der Waals surface area contributed by atoms with Crippen LogP contribution in [0.2, 0.25) is 18.1 Å². The van der Waals surface area contributed by atoms with Crippen molar-refractivity contribution in [3.8, 4) is 11.5 Å². The maximum atomic E-state index is 14.7. The van der Waals surface area contributed by atoms with Gasteiger partial charge in [-0.3, -0.25) is 0 Å². The van der Waals surface area contributed by atoms with E-state index in [2.05, 4.69) is 43.8 Å². The van der Waals surface area contributed by atoms with Crippen molar-refractivity contribution in [2.45, 2.75) is 70.6 Å². The van der Waals surface area contributed by atoms with Crippen LogP contribution in [0.5, 0.6) is 0 Å². The van der Waals surface area contributed by atoms with Crippen LogP contribution in [0, 0.1) is 5.82 Å². The molecule has 0 radical (unpaired) electrons. The number of hydrogen-bond donors (Lipinski definition) is 0. The molecule has 0 atom stereocenters. The van der Waals surface area contributed by atoms with Crippen molar-refractivity contribution in [2.75, 3.05) is 0 Å². The van der Waals surface area contributed by atoms with Crippen molar-refractivity contribution >= 4 is 8.32 Å². The summed E-state index contributed by atoms with van der Waals surface area (Å²) in [6.45, 7) is 10.7. The van der Waals surface area contributed by atoms with E-state index in [1.165, 1.54) is 16.8 Å². The fourth-order valence-corrected chi connectivity index (χ4v) is 3.50.